The van der Waals surface area contributed by atoms with Gasteiger partial charge in [0, 0.05) is 12.1 Å². The molecule has 0 saturated carbocycles. The van der Waals surface area contributed by atoms with Crippen molar-refractivity contribution in [1.29, 1.82) is 0 Å². The average molecular weight is 349 g/mol. The number of hydrogen-bond donors (Lipinski definition) is 0. The molecule has 1 aromatic rings. The Balaban J connectivity index is 1.79. The number of piperidine rings is 1. The molecule has 0 aromatic heterocycles. The van der Waals surface area contributed by atoms with E-state index in [1.807, 2.05) is 6.07 Å². The third kappa shape index (κ3) is 3.19. The fourth-order valence-electron chi connectivity index (χ4n) is 3.68. The van der Waals surface area contributed by atoms with E-state index in [4.69, 9.17) is 0 Å². The maximum Gasteiger partial charge on any atom is 0.534 e. The molecule has 4 nitrogen and oxygen atoms in total. The zero-order chi connectivity index (χ0) is 16.8. The lowest BCUT2D eigenvalue weighted by Gasteiger charge is -2.36. The molecule has 128 valence electrons. The molecule has 0 amide bonds. The van der Waals surface area contributed by atoms with E-state index < -0.39 is 15.6 Å². The lowest BCUT2D eigenvalue weighted by molar-refractivity contribution is -0.0500. The van der Waals surface area contributed by atoms with Crippen molar-refractivity contribution in [1.82, 2.24) is 4.90 Å². The zero-order valence-corrected chi connectivity index (χ0v) is 13.4. The van der Waals surface area contributed by atoms with Gasteiger partial charge in [-0.1, -0.05) is 12.1 Å². The molecule has 1 aromatic carbocycles. The summed E-state index contributed by atoms with van der Waals surface area (Å²) in [4.78, 5) is 2.37. The van der Waals surface area contributed by atoms with Crippen LogP contribution >= 0.6 is 0 Å². The van der Waals surface area contributed by atoms with Crippen molar-refractivity contribution in [3.05, 3.63) is 29.8 Å². The number of fused-ring (bicyclic) bond motifs is 2. The highest BCUT2D eigenvalue weighted by atomic mass is 32.2. The summed E-state index contributed by atoms with van der Waals surface area (Å²) in [6.45, 7) is 0. The topological polar surface area (TPSA) is 46.6 Å². The van der Waals surface area contributed by atoms with Gasteiger partial charge < -0.3 is 9.08 Å². The van der Waals surface area contributed by atoms with Crippen LogP contribution in [-0.4, -0.2) is 38.0 Å². The van der Waals surface area contributed by atoms with Crippen molar-refractivity contribution in [2.24, 2.45) is 0 Å². The van der Waals surface area contributed by atoms with Crippen LogP contribution in [0.15, 0.2) is 24.3 Å². The van der Waals surface area contributed by atoms with Gasteiger partial charge in [-0.2, -0.15) is 21.6 Å². The monoisotopic (exact) mass is 349 g/mol. The van der Waals surface area contributed by atoms with E-state index in [0.717, 1.165) is 31.2 Å². The number of alkyl halides is 3. The summed E-state index contributed by atoms with van der Waals surface area (Å²) in [6.07, 6.45) is 4.14. The standard InChI is InChI=1S/C15H18F3NO3S/c1-19-12-5-6-13(19)8-11(7-12)10-3-2-4-14(9-10)22-23(20,21)15(16,17)18/h2-4,9,11-13H,5-8H2,1H3/t11?,12-,13+. The molecule has 2 aliphatic rings. The van der Waals surface area contributed by atoms with Crippen molar-refractivity contribution in [2.45, 2.75) is 49.2 Å². The van der Waals surface area contributed by atoms with Crippen LogP contribution in [0.4, 0.5) is 13.2 Å². The maximum atomic E-state index is 12.4. The van der Waals surface area contributed by atoms with Gasteiger partial charge in [0.15, 0.2) is 0 Å². The predicted octanol–water partition coefficient (Wildman–Crippen LogP) is 3.26. The van der Waals surface area contributed by atoms with E-state index >= 15 is 0 Å². The Morgan fingerprint density at radius 3 is 2.35 bits per heavy atom. The van der Waals surface area contributed by atoms with E-state index in [9.17, 15) is 21.6 Å². The summed E-state index contributed by atoms with van der Waals surface area (Å²) in [5, 5.41) is 0. The van der Waals surface area contributed by atoms with Crippen LogP contribution in [0.1, 0.15) is 37.2 Å². The van der Waals surface area contributed by atoms with Gasteiger partial charge in [-0.3, -0.25) is 0 Å². The molecular formula is C15H18F3NO3S. The first-order valence-corrected chi connectivity index (χ1v) is 8.91. The lowest BCUT2D eigenvalue weighted by atomic mass is 9.85. The second-order valence-electron chi connectivity index (χ2n) is 6.27. The van der Waals surface area contributed by atoms with E-state index in [1.165, 1.54) is 18.2 Å². The van der Waals surface area contributed by atoms with E-state index in [0.29, 0.717) is 12.1 Å². The van der Waals surface area contributed by atoms with Crippen molar-refractivity contribution < 1.29 is 25.8 Å². The summed E-state index contributed by atoms with van der Waals surface area (Å²) in [7, 11) is -3.52. The fraction of sp³-hybridized carbons (Fsp3) is 0.600. The molecule has 2 bridgehead atoms. The molecule has 0 N–H and O–H groups in total. The van der Waals surface area contributed by atoms with Gasteiger partial charge in [-0.25, -0.2) is 0 Å². The number of hydrogen-bond acceptors (Lipinski definition) is 4. The second-order valence-corrected chi connectivity index (χ2v) is 7.81. The highest BCUT2D eigenvalue weighted by Gasteiger charge is 2.48. The molecule has 0 radical (unpaired) electrons. The summed E-state index contributed by atoms with van der Waals surface area (Å²) < 4.78 is 63.7. The van der Waals surface area contributed by atoms with Crippen molar-refractivity contribution >= 4 is 10.1 Å². The van der Waals surface area contributed by atoms with Crippen LogP contribution in [0.2, 0.25) is 0 Å². The predicted molar refractivity (Wildman–Crippen MR) is 78.6 cm³/mol. The fourth-order valence-corrected chi connectivity index (χ4v) is 4.13. The van der Waals surface area contributed by atoms with Crippen molar-refractivity contribution in [2.75, 3.05) is 7.05 Å². The molecule has 0 aliphatic carbocycles. The van der Waals surface area contributed by atoms with Crippen molar-refractivity contribution in [3.8, 4) is 5.75 Å². The van der Waals surface area contributed by atoms with Crippen LogP contribution in [-0.2, 0) is 10.1 Å². The van der Waals surface area contributed by atoms with Gasteiger partial charge in [0.2, 0.25) is 0 Å². The minimum atomic E-state index is -5.62. The number of halogens is 3. The summed E-state index contributed by atoms with van der Waals surface area (Å²) in [5.74, 6) is -0.0630. The first-order chi connectivity index (χ1) is 10.7. The minimum Gasteiger partial charge on any atom is -0.376 e. The zero-order valence-electron chi connectivity index (χ0n) is 12.6. The molecular weight excluding hydrogens is 331 g/mol. The SMILES string of the molecule is CN1[C@@H]2CC[C@H]1CC(c1cccc(OS(=O)(=O)C(F)(F)F)c1)C2. The van der Waals surface area contributed by atoms with Crippen molar-refractivity contribution in [3.63, 3.8) is 0 Å². The Bertz CT molecular complexity index is 675. The molecule has 2 fully saturated rings. The van der Waals surface area contributed by atoms with Gasteiger partial charge >= 0.3 is 15.6 Å². The van der Waals surface area contributed by atoms with Crippen LogP contribution in [0, 0.1) is 0 Å². The molecule has 3 atom stereocenters. The Labute approximate surface area is 133 Å². The maximum absolute atomic E-state index is 12.4. The normalized spacial score (nSPS) is 28.8. The Kier molecular flexibility index (Phi) is 4.08. The molecule has 2 aliphatic heterocycles. The quantitative estimate of drug-likeness (QED) is 0.621. The highest BCUT2D eigenvalue weighted by molar-refractivity contribution is 7.88. The minimum absolute atomic E-state index is 0.223. The first kappa shape index (κ1) is 16.6. The van der Waals surface area contributed by atoms with Crippen LogP contribution < -0.4 is 4.18 Å². The Hall–Kier alpha value is -1.28. The lowest BCUT2D eigenvalue weighted by Crippen LogP contribution is -2.39. The average Bonchev–Trinajstić information content (AvgIpc) is 2.68. The van der Waals surface area contributed by atoms with E-state index in [2.05, 4.69) is 16.1 Å². The smallest absolute Gasteiger partial charge is 0.376 e. The van der Waals surface area contributed by atoms with Gasteiger partial charge in [0.25, 0.3) is 0 Å². The molecule has 8 heteroatoms. The second kappa shape index (κ2) is 5.66. The van der Waals surface area contributed by atoms with Crippen LogP contribution in [0.5, 0.6) is 5.75 Å². The Morgan fingerprint density at radius 2 is 1.78 bits per heavy atom. The van der Waals surface area contributed by atoms with Gasteiger partial charge in [0.05, 0.1) is 0 Å². The molecule has 2 saturated heterocycles. The first-order valence-electron chi connectivity index (χ1n) is 7.50. The number of nitrogens with zero attached hydrogens (tertiary/aromatic N) is 1. The molecule has 0 spiro atoms. The largest absolute Gasteiger partial charge is 0.534 e. The third-order valence-electron chi connectivity index (χ3n) is 4.92. The van der Waals surface area contributed by atoms with Gasteiger partial charge in [-0.05, 0) is 56.3 Å². The summed E-state index contributed by atoms with van der Waals surface area (Å²) in [6, 6.07) is 6.98. The number of rotatable bonds is 3. The number of benzene rings is 1. The van der Waals surface area contributed by atoms with Crippen LogP contribution in [0.3, 0.4) is 0 Å². The molecule has 3 rings (SSSR count). The summed E-state index contributed by atoms with van der Waals surface area (Å²) >= 11 is 0. The molecule has 2 heterocycles. The van der Waals surface area contributed by atoms with Gasteiger partial charge in [0.1, 0.15) is 5.75 Å². The Morgan fingerprint density at radius 1 is 1.17 bits per heavy atom. The molecule has 23 heavy (non-hydrogen) atoms. The van der Waals surface area contributed by atoms with E-state index in [1.54, 1.807) is 0 Å². The summed E-state index contributed by atoms with van der Waals surface area (Å²) in [5.41, 5.74) is -4.58. The third-order valence-corrected chi connectivity index (χ3v) is 5.90. The van der Waals surface area contributed by atoms with E-state index in [-0.39, 0.29) is 11.7 Å². The highest BCUT2D eigenvalue weighted by Crippen LogP contribution is 2.42. The molecule has 1 unspecified atom stereocenters. The van der Waals surface area contributed by atoms with Crippen LogP contribution in [0.25, 0.3) is 0 Å². The van der Waals surface area contributed by atoms with Gasteiger partial charge in [-0.15, -0.1) is 0 Å².